The van der Waals surface area contributed by atoms with Crippen molar-refractivity contribution >= 4 is 22.4 Å². The van der Waals surface area contributed by atoms with E-state index in [9.17, 15) is 13.4 Å². The highest BCUT2D eigenvalue weighted by molar-refractivity contribution is 7.84. The van der Waals surface area contributed by atoms with Crippen LogP contribution in [0.5, 0.6) is 0 Å². The maximum absolute atomic E-state index is 12.9. The van der Waals surface area contributed by atoms with Gasteiger partial charge in [0.1, 0.15) is 5.82 Å². The van der Waals surface area contributed by atoms with Gasteiger partial charge in [-0.1, -0.05) is 6.07 Å². The third kappa shape index (κ3) is 5.37. The highest BCUT2D eigenvalue weighted by atomic mass is 32.2. The average Bonchev–Trinajstić information content (AvgIpc) is 2.28. The second-order valence-corrected chi connectivity index (χ2v) is 5.80. The van der Waals surface area contributed by atoms with Crippen molar-refractivity contribution in [2.24, 2.45) is 0 Å². The van der Waals surface area contributed by atoms with E-state index in [-0.39, 0.29) is 17.7 Å². The van der Waals surface area contributed by atoms with Crippen molar-refractivity contribution in [2.75, 3.05) is 24.7 Å². The molecule has 0 heterocycles. The molecular formula is C12H17FN2O2S. The molecule has 0 bridgehead atoms. The first kappa shape index (κ1) is 14.8. The van der Waals surface area contributed by atoms with Crippen LogP contribution in [0.3, 0.4) is 0 Å². The molecule has 18 heavy (non-hydrogen) atoms. The summed E-state index contributed by atoms with van der Waals surface area (Å²) in [5, 5.41) is 5.46. The predicted octanol–water partition coefficient (Wildman–Crippen LogP) is 1.12. The van der Waals surface area contributed by atoms with Crippen LogP contribution in [-0.4, -0.2) is 34.7 Å². The SMILES string of the molecule is CC(CNCC(=O)Nc1cccc(F)c1)S(C)=O. The number of carbonyl (C=O) groups is 1. The first-order valence-corrected chi connectivity index (χ1v) is 7.19. The molecule has 2 unspecified atom stereocenters. The van der Waals surface area contributed by atoms with Crippen molar-refractivity contribution in [3.05, 3.63) is 30.1 Å². The van der Waals surface area contributed by atoms with E-state index in [0.29, 0.717) is 12.2 Å². The van der Waals surface area contributed by atoms with Gasteiger partial charge in [0, 0.05) is 34.5 Å². The summed E-state index contributed by atoms with van der Waals surface area (Å²) in [6.45, 7) is 2.45. The van der Waals surface area contributed by atoms with Gasteiger partial charge >= 0.3 is 0 Å². The molecule has 1 aromatic rings. The molecule has 100 valence electrons. The lowest BCUT2D eigenvalue weighted by Crippen LogP contribution is -2.34. The van der Waals surface area contributed by atoms with Crippen LogP contribution in [0.2, 0.25) is 0 Å². The Balaban J connectivity index is 2.32. The Kier molecular flexibility index (Phi) is 5.94. The maximum Gasteiger partial charge on any atom is 0.238 e. The summed E-state index contributed by atoms with van der Waals surface area (Å²) in [6, 6.07) is 5.71. The van der Waals surface area contributed by atoms with Crippen LogP contribution in [0.15, 0.2) is 24.3 Å². The highest BCUT2D eigenvalue weighted by Gasteiger charge is 2.07. The second-order valence-electron chi connectivity index (χ2n) is 4.00. The normalized spacial score (nSPS) is 13.9. The number of carbonyl (C=O) groups excluding carboxylic acids is 1. The molecule has 0 aliphatic carbocycles. The highest BCUT2D eigenvalue weighted by Crippen LogP contribution is 2.08. The van der Waals surface area contributed by atoms with Crippen LogP contribution in [-0.2, 0) is 15.6 Å². The molecule has 4 nitrogen and oxygen atoms in total. The summed E-state index contributed by atoms with van der Waals surface area (Å²) in [4.78, 5) is 11.5. The molecule has 0 aliphatic heterocycles. The van der Waals surface area contributed by atoms with Gasteiger partial charge in [-0.05, 0) is 25.1 Å². The Bertz CT molecular complexity index is 440. The predicted molar refractivity (Wildman–Crippen MR) is 71.4 cm³/mol. The second kappa shape index (κ2) is 7.23. The molecule has 1 aromatic carbocycles. The van der Waals surface area contributed by atoms with Crippen molar-refractivity contribution in [3.8, 4) is 0 Å². The standard InChI is InChI=1S/C12H17FN2O2S/c1-9(18(2)17)7-14-8-12(16)15-11-5-3-4-10(13)6-11/h3-6,9,14H,7-8H2,1-2H3,(H,15,16). The lowest BCUT2D eigenvalue weighted by Gasteiger charge is -2.10. The molecule has 0 saturated carbocycles. The molecule has 6 heteroatoms. The Labute approximate surface area is 108 Å². The molecule has 2 N–H and O–H groups in total. The molecule has 1 rings (SSSR count). The van der Waals surface area contributed by atoms with Gasteiger partial charge in [-0.2, -0.15) is 0 Å². The molecule has 1 amide bonds. The van der Waals surface area contributed by atoms with E-state index < -0.39 is 16.6 Å². The molecule has 0 fully saturated rings. The number of benzene rings is 1. The quantitative estimate of drug-likeness (QED) is 0.816. The number of hydrogen-bond acceptors (Lipinski definition) is 3. The fourth-order valence-corrected chi connectivity index (χ4v) is 1.63. The third-order valence-electron chi connectivity index (χ3n) is 2.39. The molecule has 0 saturated heterocycles. The number of amides is 1. The largest absolute Gasteiger partial charge is 0.325 e. The van der Waals surface area contributed by atoms with E-state index >= 15 is 0 Å². The van der Waals surface area contributed by atoms with Crippen LogP contribution in [0, 0.1) is 5.82 Å². The minimum absolute atomic E-state index is 0.00744. The number of rotatable bonds is 6. The number of anilines is 1. The summed E-state index contributed by atoms with van der Waals surface area (Å²) in [7, 11) is -0.910. The van der Waals surface area contributed by atoms with E-state index in [4.69, 9.17) is 0 Å². The monoisotopic (exact) mass is 272 g/mol. The van der Waals surface area contributed by atoms with Gasteiger partial charge in [-0.15, -0.1) is 0 Å². The van der Waals surface area contributed by atoms with Gasteiger partial charge in [0.15, 0.2) is 0 Å². The minimum Gasteiger partial charge on any atom is -0.325 e. The van der Waals surface area contributed by atoms with Gasteiger partial charge in [0.05, 0.1) is 6.54 Å². The molecule has 0 aromatic heterocycles. The number of nitrogens with one attached hydrogen (secondary N) is 2. The minimum atomic E-state index is -0.910. The van der Waals surface area contributed by atoms with Gasteiger partial charge in [-0.3, -0.25) is 9.00 Å². The topological polar surface area (TPSA) is 58.2 Å². The average molecular weight is 272 g/mol. The van der Waals surface area contributed by atoms with Gasteiger partial charge in [0.2, 0.25) is 5.91 Å². The van der Waals surface area contributed by atoms with Crippen molar-refractivity contribution in [3.63, 3.8) is 0 Å². The first-order chi connectivity index (χ1) is 8.49. The van der Waals surface area contributed by atoms with Gasteiger partial charge in [-0.25, -0.2) is 4.39 Å². The maximum atomic E-state index is 12.9. The van der Waals surface area contributed by atoms with Gasteiger partial charge in [0.25, 0.3) is 0 Å². The third-order valence-corrected chi connectivity index (χ3v) is 3.69. The van der Waals surface area contributed by atoms with E-state index in [1.54, 1.807) is 12.3 Å². The summed E-state index contributed by atoms with van der Waals surface area (Å²) >= 11 is 0. The Hall–Kier alpha value is -1.27. The fourth-order valence-electron chi connectivity index (χ4n) is 1.28. The van der Waals surface area contributed by atoms with E-state index in [1.807, 2.05) is 6.92 Å². The molecule has 0 radical (unpaired) electrons. The Morgan fingerprint density at radius 3 is 2.83 bits per heavy atom. The van der Waals surface area contributed by atoms with Crippen molar-refractivity contribution in [2.45, 2.75) is 12.2 Å². The summed E-state index contributed by atoms with van der Waals surface area (Å²) in [6.07, 6.45) is 1.62. The van der Waals surface area contributed by atoms with Crippen LogP contribution >= 0.6 is 0 Å². The Morgan fingerprint density at radius 2 is 2.22 bits per heavy atom. The van der Waals surface area contributed by atoms with Crippen molar-refractivity contribution < 1.29 is 13.4 Å². The van der Waals surface area contributed by atoms with E-state index in [0.717, 1.165) is 0 Å². The lowest BCUT2D eigenvalue weighted by molar-refractivity contribution is -0.115. The summed E-state index contributed by atoms with van der Waals surface area (Å²) in [5.74, 6) is -0.648. The smallest absolute Gasteiger partial charge is 0.238 e. The molecule has 2 atom stereocenters. The van der Waals surface area contributed by atoms with Gasteiger partial charge < -0.3 is 10.6 Å². The zero-order valence-corrected chi connectivity index (χ0v) is 11.2. The van der Waals surface area contributed by atoms with Crippen molar-refractivity contribution in [1.29, 1.82) is 0 Å². The lowest BCUT2D eigenvalue weighted by atomic mass is 10.3. The van der Waals surface area contributed by atoms with Crippen LogP contribution < -0.4 is 10.6 Å². The van der Waals surface area contributed by atoms with Crippen LogP contribution in [0.4, 0.5) is 10.1 Å². The van der Waals surface area contributed by atoms with Crippen LogP contribution in [0.1, 0.15) is 6.92 Å². The molecule has 0 aliphatic rings. The number of hydrogen-bond donors (Lipinski definition) is 2. The zero-order chi connectivity index (χ0) is 13.5. The van der Waals surface area contributed by atoms with E-state index in [2.05, 4.69) is 10.6 Å². The van der Waals surface area contributed by atoms with E-state index in [1.165, 1.54) is 18.2 Å². The zero-order valence-electron chi connectivity index (χ0n) is 10.4. The fraction of sp³-hybridized carbons (Fsp3) is 0.417. The van der Waals surface area contributed by atoms with Crippen LogP contribution in [0.25, 0.3) is 0 Å². The Morgan fingerprint density at radius 1 is 1.50 bits per heavy atom. The van der Waals surface area contributed by atoms with Crippen molar-refractivity contribution in [1.82, 2.24) is 5.32 Å². The summed E-state index contributed by atoms with van der Waals surface area (Å²) < 4.78 is 23.9. The molecular weight excluding hydrogens is 255 g/mol. The molecule has 0 spiro atoms. The first-order valence-electron chi connectivity index (χ1n) is 5.57. The number of halogens is 1. The summed E-state index contributed by atoms with van der Waals surface area (Å²) in [5.41, 5.74) is 0.425.